The van der Waals surface area contributed by atoms with Crippen LogP contribution in [0.25, 0.3) is 0 Å². The third-order valence-corrected chi connectivity index (χ3v) is 5.82. The van der Waals surface area contributed by atoms with E-state index < -0.39 is 0 Å². The van der Waals surface area contributed by atoms with Gasteiger partial charge in [0.1, 0.15) is 0 Å². The third-order valence-electron chi connectivity index (χ3n) is 3.05. The minimum atomic E-state index is -0.0388. The van der Waals surface area contributed by atoms with Gasteiger partial charge in [0, 0.05) is 14.2 Å². The fourth-order valence-corrected chi connectivity index (χ4v) is 3.86. The van der Waals surface area contributed by atoms with Gasteiger partial charge in [0.2, 0.25) is 0 Å². The van der Waals surface area contributed by atoms with E-state index in [4.69, 9.17) is 21.1 Å². The molecule has 2 nitrogen and oxygen atoms in total. The molecule has 0 radical (unpaired) electrons. The Kier molecular flexibility index (Phi) is 5.35. The Morgan fingerprint density at radius 3 is 2.45 bits per heavy atom. The second-order valence-electron chi connectivity index (χ2n) is 4.41. The lowest BCUT2D eigenvalue weighted by Gasteiger charge is -2.11. The summed E-state index contributed by atoms with van der Waals surface area (Å²) in [5.74, 6) is 1.47. The van der Waals surface area contributed by atoms with Crippen LogP contribution in [0.5, 0.6) is 11.5 Å². The predicted octanol–water partition coefficient (Wildman–Crippen LogP) is 5.36. The Hall–Kier alpha value is -0.710. The predicted molar refractivity (Wildman–Crippen MR) is 88.6 cm³/mol. The molecule has 0 aliphatic heterocycles. The van der Waals surface area contributed by atoms with Crippen LogP contribution < -0.4 is 9.47 Å². The number of aryl methyl sites for hydroxylation is 1. The van der Waals surface area contributed by atoms with Crippen LogP contribution in [-0.4, -0.2) is 14.2 Å². The summed E-state index contributed by atoms with van der Waals surface area (Å²) in [6, 6.07) is 8.00. The van der Waals surface area contributed by atoms with E-state index in [1.54, 1.807) is 25.6 Å². The van der Waals surface area contributed by atoms with Crippen LogP contribution >= 0.6 is 38.9 Å². The van der Waals surface area contributed by atoms with Crippen molar-refractivity contribution in [3.8, 4) is 11.5 Å². The van der Waals surface area contributed by atoms with Gasteiger partial charge in [-0.05, 0) is 53.0 Å². The number of alkyl halides is 1. The van der Waals surface area contributed by atoms with Crippen LogP contribution in [0.4, 0.5) is 0 Å². The summed E-state index contributed by atoms with van der Waals surface area (Å²) in [6.07, 6.45) is 0.758. The smallest absolute Gasteiger partial charge is 0.160 e. The number of rotatable bonds is 5. The highest BCUT2D eigenvalue weighted by molar-refractivity contribution is 9.10. The second kappa shape index (κ2) is 6.83. The summed E-state index contributed by atoms with van der Waals surface area (Å²) in [4.78, 5) is 2.42. The van der Waals surface area contributed by atoms with Crippen molar-refractivity contribution in [2.45, 2.75) is 18.7 Å². The molecule has 1 aromatic carbocycles. The largest absolute Gasteiger partial charge is 0.493 e. The van der Waals surface area contributed by atoms with E-state index in [9.17, 15) is 0 Å². The van der Waals surface area contributed by atoms with Crippen LogP contribution in [-0.2, 0) is 6.42 Å². The monoisotopic (exact) mass is 374 g/mol. The normalized spacial score (nSPS) is 12.2. The van der Waals surface area contributed by atoms with E-state index in [-0.39, 0.29) is 5.38 Å². The molecular formula is C15H16BrClO2S. The number of benzene rings is 1. The molecule has 0 fully saturated rings. The van der Waals surface area contributed by atoms with Gasteiger partial charge in [-0.3, -0.25) is 0 Å². The average Bonchev–Trinajstić information content (AvgIpc) is 2.78. The molecule has 1 atom stereocenters. The number of hydrogen-bond acceptors (Lipinski definition) is 3. The van der Waals surface area contributed by atoms with E-state index in [1.807, 2.05) is 18.2 Å². The molecule has 5 heteroatoms. The molecule has 0 saturated carbocycles. The number of methoxy groups -OCH3 is 2. The maximum absolute atomic E-state index is 6.51. The minimum Gasteiger partial charge on any atom is -0.493 e. The molecule has 1 unspecified atom stereocenters. The molecule has 0 aliphatic rings. The molecule has 1 aromatic heterocycles. The number of thiophene rings is 1. The van der Waals surface area contributed by atoms with Crippen molar-refractivity contribution in [1.82, 2.24) is 0 Å². The van der Waals surface area contributed by atoms with Gasteiger partial charge in [-0.15, -0.1) is 22.9 Å². The summed E-state index contributed by atoms with van der Waals surface area (Å²) in [5.41, 5.74) is 1.13. The number of hydrogen-bond donors (Lipinski definition) is 0. The zero-order valence-electron chi connectivity index (χ0n) is 11.6. The van der Waals surface area contributed by atoms with Crippen LogP contribution in [0.1, 0.15) is 20.7 Å². The van der Waals surface area contributed by atoms with Gasteiger partial charge in [-0.2, -0.15) is 0 Å². The first-order valence-corrected chi connectivity index (χ1v) is 8.20. The first kappa shape index (κ1) is 15.7. The molecule has 0 saturated heterocycles. The third kappa shape index (κ3) is 3.48. The van der Waals surface area contributed by atoms with Gasteiger partial charge in [-0.25, -0.2) is 0 Å². The van der Waals surface area contributed by atoms with Crippen molar-refractivity contribution >= 4 is 38.9 Å². The van der Waals surface area contributed by atoms with Gasteiger partial charge < -0.3 is 9.47 Å². The van der Waals surface area contributed by atoms with Crippen molar-refractivity contribution in [2.75, 3.05) is 14.2 Å². The molecule has 0 bridgehead atoms. The standard InChI is InChI=1S/C15H16BrClO2S/c1-9-11(16)8-15(20-9)12(17)6-10-4-5-13(18-2)14(7-10)19-3/h4-5,7-8,12H,6H2,1-3H3. The molecule has 0 spiro atoms. The van der Waals surface area contributed by atoms with Crippen LogP contribution in [0, 0.1) is 6.92 Å². The highest BCUT2D eigenvalue weighted by atomic mass is 79.9. The molecule has 0 amide bonds. The Balaban J connectivity index is 2.17. The lowest BCUT2D eigenvalue weighted by atomic mass is 10.1. The molecule has 108 valence electrons. The molecule has 0 aliphatic carbocycles. The van der Waals surface area contributed by atoms with Crippen LogP contribution in [0.15, 0.2) is 28.7 Å². The molecule has 0 N–H and O–H groups in total. The zero-order chi connectivity index (χ0) is 14.7. The number of ether oxygens (including phenoxy) is 2. The van der Waals surface area contributed by atoms with Gasteiger partial charge in [0.05, 0.1) is 19.6 Å². The topological polar surface area (TPSA) is 18.5 Å². The molecular weight excluding hydrogens is 360 g/mol. The van der Waals surface area contributed by atoms with E-state index in [1.165, 1.54) is 9.75 Å². The maximum atomic E-state index is 6.51. The van der Waals surface area contributed by atoms with E-state index >= 15 is 0 Å². The summed E-state index contributed by atoms with van der Waals surface area (Å²) >= 11 is 11.8. The van der Waals surface area contributed by atoms with Gasteiger partial charge in [0.25, 0.3) is 0 Å². The van der Waals surface area contributed by atoms with E-state index in [0.717, 1.165) is 28.0 Å². The highest BCUT2D eigenvalue weighted by Gasteiger charge is 2.14. The van der Waals surface area contributed by atoms with Crippen molar-refractivity contribution in [1.29, 1.82) is 0 Å². The van der Waals surface area contributed by atoms with Crippen LogP contribution in [0.3, 0.4) is 0 Å². The lowest BCUT2D eigenvalue weighted by Crippen LogP contribution is -1.96. The van der Waals surface area contributed by atoms with E-state index in [2.05, 4.69) is 28.9 Å². The Morgan fingerprint density at radius 2 is 1.90 bits per heavy atom. The zero-order valence-corrected chi connectivity index (χ0v) is 14.7. The fraction of sp³-hybridized carbons (Fsp3) is 0.333. The Bertz CT molecular complexity index is 578. The number of halogens is 2. The average molecular weight is 376 g/mol. The van der Waals surface area contributed by atoms with Gasteiger partial charge in [0.15, 0.2) is 11.5 Å². The minimum absolute atomic E-state index is 0.0388. The molecule has 2 rings (SSSR count). The first-order chi connectivity index (χ1) is 9.55. The quantitative estimate of drug-likeness (QED) is 0.655. The van der Waals surface area contributed by atoms with Crippen molar-refractivity contribution < 1.29 is 9.47 Å². The van der Waals surface area contributed by atoms with E-state index in [0.29, 0.717) is 0 Å². The Labute approximate surface area is 136 Å². The van der Waals surface area contributed by atoms with Crippen LogP contribution in [0.2, 0.25) is 0 Å². The highest BCUT2D eigenvalue weighted by Crippen LogP contribution is 2.36. The molecule has 2 aromatic rings. The van der Waals surface area contributed by atoms with Crippen molar-refractivity contribution in [3.05, 3.63) is 44.1 Å². The Morgan fingerprint density at radius 1 is 1.20 bits per heavy atom. The second-order valence-corrected chi connectivity index (χ2v) is 7.08. The summed E-state index contributed by atoms with van der Waals surface area (Å²) < 4.78 is 11.7. The van der Waals surface area contributed by atoms with Gasteiger partial charge >= 0.3 is 0 Å². The van der Waals surface area contributed by atoms with Crippen molar-refractivity contribution in [3.63, 3.8) is 0 Å². The lowest BCUT2D eigenvalue weighted by molar-refractivity contribution is 0.354. The summed E-state index contributed by atoms with van der Waals surface area (Å²) in [6.45, 7) is 2.08. The molecule has 1 heterocycles. The SMILES string of the molecule is COc1ccc(CC(Cl)c2cc(Br)c(C)s2)cc1OC. The fourth-order valence-electron chi connectivity index (χ4n) is 1.95. The molecule has 20 heavy (non-hydrogen) atoms. The van der Waals surface area contributed by atoms with Gasteiger partial charge in [-0.1, -0.05) is 6.07 Å². The summed E-state index contributed by atoms with van der Waals surface area (Å²) in [5, 5.41) is -0.0388. The first-order valence-electron chi connectivity index (χ1n) is 6.16. The van der Waals surface area contributed by atoms with Crippen molar-refractivity contribution in [2.24, 2.45) is 0 Å². The maximum Gasteiger partial charge on any atom is 0.160 e. The summed E-state index contributed by atoms with van der Waals surface area (Å²) in [7, 11) is 3.27.